The smallest absolute Gasteiger partial charge is 0.322 e. The molecule has 0 aliphatic rings. The highest BCUT2D eigenvalue weighted by atomic mass is 16.4. The third kappa shape index (κ3) is 8.17. The van der Waals surface area contributed by atoms with Crippen LogP contribution < -0.4 is 21.7 Å². The summed E-state index contributed by atoms with van der Waals surface area (Å²) in [4.78, 5) is 53.3. The Labute approximate surface area is 221 Å². The first kappa shape index (κ1) is 28.4. The molecule has 2 aromatic carbocycles. The molecular formula is C28H35N5O5. The number of aromatic amines is 1. The normalized spacial score (nSPS) is 13.5. The number of nitrogens with two attached hydrogens (primary N) is 1. The number of carbonyl (C=O) groups excluding carboxylic acids is 3. The van der Waals surface area contributed by atoms with Gasteiger partial charge in [-0.3, -0.25) is 19.2 Å². The maximum Gasteiger partial charge on any atom is 0.322 e. The van der Waals surface area contributed by atoms with E-state index in [1.54, 1.807) is 6.20 Å². The van der Waals surface area contributed by atoms with Crippen molar-refractivity contribution in [1.82, 2.24) is 20.9 Å². The molecule has 3 aromatic rings. The lowest BCUT2D eigenvalue weighted by molar-refractivity contribution is -0.138. The fourth-order valence-corrected chi connectivity index (χ4v) is 4.23. The van der Waals surface area contributed by atoms with Gasteiger partial charge in [0, 0.05) is 23.5 Å². The van der Waals surface area contributed by atoms with Crippen LogP contribution >= 0.6 is 0 Å². The van der Waals surface area contributed by atoms with Crippen molar-refractivity contribution in [1.29, 1.82) is 0 Å². The minimum atomic E-state index is -1.20. The van der Waals surface area contributed by atoms with Crippen LogP contribution in [0.2, 0.25) is 0 Å². The molecular weight excluding hydrogens is 486 g/mol. The van der Waals surface area contributed by atoms with Crippen molar-refractivity contribution in [3.05, 3.63) is 71.9 Å². The standard InChI is InChI=1S/C28H35N5O5/c1-17(2)12-23(32-26(36)21(29)13-18-8-4-3-5-9-18)28(38)33-24(27(37)31-16-25(34)35)14-19-15-30-22-11-7-6-10-20(19)22/h3-11,15,17,21,23-24,30H,12-14,16,29H2,1-2H3,(H,31,37)(H,32,36)(H,33,38)(H,34,35). The molecule has 0 bridgehead atoms. The molecule has 202 valence electrons. The third-order valence-electron chi connectivity index (χ3n) is 6.12. The molecule has 10 nitrogen and oxygen atoms in total. The lowest BCUT2D eigenvalue weighted by atomic mass is 10.00. The summed E-state index contributed by atoms with van der Waals surface area (Å²) in [6.07, 6.45) is 2.51. The van der Waals surface area contributed by atoms with Crippen LogP contribution in [0.25, 0.3) is 10.9 Å². The Bertz CT molecular complexity index is 1260. The van der Waals surface area contributed by atoms with Gasteiger partial charge in [0.05, 0.1) is 6.04 Å². The fraction of sp³-hybridized carbons (Fsp3) is 0.357. The number of carboxylic acid groups (broad SMARTS) is 1. The number of benzene rings is 2. The van der Waals surface area contributed by atoms with Crippen LogP contribution in [0.1, 0.15) is 31.4 Å². The third-order valence-corrected chi connectivity index (χ3v) is 6.12. The van der Waals surface area contributed by atoms with E-state index in [0.29, 0.717) is 12.8 Å². The summed E-state index contributed by atoms with van der Waals surface area (Å²) in [5, 5.41) is 17.7. The summed E-state index contributed by atoms with van der Waals surface area (Å²) in [6.45, 7) is 3.25. The zero-order valence-corrected chi connectivity index (χ0v) is 21.6. The van der Waals surface area contributed by atoms with Gasteiger partial charge in [-0.15, -0.1) is 0 Å². The van der Waals surface area contributed by atoms with Crippen molar-refractivity contribution in [3.63, 3.8) is 0 Å². The number of carboxylic acids is 1. The first-order chi connectivity index (χ1) is 18.1. The van der Waals surface area contributed by atoms with Crippen molar-refractivity contribution >= 4 is 34.6 Å². The van der Waals surface area contributed by atoms with Crippen molar-refractivity contribution in [3.8, 4) is 0 Å². The van der Waals surface area contributed by atoms with Crippen LogP contribution in [-0.4, -0.2) is 58.5 Å². The quantitative estimate of drug-likeness (QED) is 0.199. The molecule has 3 amide bonds. The first-order valence-electron chi connectivity index (χ1n) is 12.6. The minimum absolute atomic E-state index is 0.0595. The van der Waals surface area contributed by atoms with E-state index in [-0.39, 0.29) is 12.3 Å². The summed E-state index contributed by atoms with van der Waals surface area (Å²) in [5.74, 6) is -2.80. The largest absolute Gasteiger partial charge is 0.480 e. The molecule has 3 unspecified atom stereocenters. The van der Waals surface area contributed by atoms with Gasteiger partial charge in [0.1, 0.15) is 18.6 Å². The van der Waals surface area contributed by atoms with E-state index in [4.69, 9.17) is 10.8 Å². The molecule has 1 heterocycles. The highest BCUT2D eigenvalue weighted by molar-refractivity contribution is 5.94. The van der Waals surface area contributed by atoms with Crippen LogP contribution in [-0.2, 0) is 32.0 Å². The Morgan fingerprint density at radius 3 is 2.21 bits per heavy atom. The molecule has 0 aliphatic carbocycles. The van der Waals surface area contributed by atoms with Gasteiger partial charge < -0.3 is 31.8 Å². The van der Waals surface area contributed by atoms with E-state index >= 15 is 0 Å². The van der Waals surface area contributed by atoms with Crippen LogP contribution in [0.5, 0.6) is 0 Å². The summed E-state index contributed by atoms with van der Waals surface area (Å²) in [6, 6.07) is 14.0. The molecule has 0 saturated heterocycles. The topological polar surface area (TPSA) is 166 Å². The number of nitrogens with one attached hydrogen (secondary N) is 4. The monoisotopic (exact) mass is 521 g/mol. The molecule has 38 heavy (non-hydrogen) atoms. The second-order valence-corrected chi connectivity index (χ2v) is 9.72. The van der Waals surface area contributed by atoms with Crippen molar-refractivity contribution in [2.75, 3.05) is 6.54 Å². The van der Waals surface area contributed by atoms with Crippen molar-refractivity contribution in [2.24, 2.45) is 11.7 Å². The molecule has 10 heteroatoms. The molecule has 0 radical (unpaired) electrons. The van der Waals surface area contributed by atoms with Crippen LogP contribution in [0, 0.1) is 5.92 Å². The molecule has 0 fully saturated rings. The summed E-state index contributed by atoms with van der Waals surface area (Å²) in [5.41, 5.74) is 8.67. The number of amides is 3. The Hall–Kier alpha value is -4.18. The van der Waals surface area contributed by atoms with Gasteiger partial charge in [0.15, 0.2) is 0 Å². The van der Waals surface area contributed by atoms with Gasteiger partial charge >= 0.3 is 5.97 Å². The molecule has 0 saturated carbocycles. The Balaban J connectivity index is 1.75. The maximum absolute atomic E-state index is 13.4. The highest BCUT2D eigenvalue weighted by Crippen LogP contribution is 2.19. The SMILES string of the molecule is CC(C)CC(NC(=O)C(N)Cc1ccccc1)C(=O)NC(Cc1c[nH]c2ccccc12)C(=O)NCC(=O)O. The number of H-pyrrole nitrogens is 1. The number of carbonyl (C=O) groups is 4. The zero-order chi connectivity index (χ0) is 27.7. The fourth-order valence-electron chi connectivity index (χ4n) is 4.23. The molecule has 1 aromatic heterocycles. The van der Waals surface area contributed by atoms with Gasteiger partial charge in [-0.2, -0.15) is 0 Å². The number of para-hydroxylation sites is 1. The van der Waals surface area contributed by atoms with Gasteiger partial charge in [0.25, 0.3) is 0 Å². The molecule has 0 aliphatic heterocycles. The lowest BCUT2D eigenvalue weighted by Gasteiger charge is -2.25. The number of aromatic nitrogens is 1. The van der Waals surface area contributed by atoms with E-state index in [2.05, 4.69) is 20.9 Å². The zero-order valence-electron chi connectivity index (χ0n) is 21.6. The Morgan fingerprint density at radius 2 is 1.53 bits per heavy atom. The summed E-state index contributed by atoms with van der Waals surface area (Å²) in [7, 11) is 0. The average Bonchev–Trinajstić information content (AvgIpc) is 3.29. The number of aliphatic carboxylic acids is 1. The van der Waals surface area contributed by atoms with Crippen LogP contribution in [0.4, 0.5) is 0 Å². The molecule has 0 spiro atoms. The van der Waals surface area contributed by atoms with E-state index < -0.39 is 48.4 Å². The second-order valence-electron chi connectivity index (χ2n) is 9.72. The van der Waals surface area contributed by atoms with Gasteiger partial charge in [-0.1, -0.05) is 62.4 Å². The molecule has 3 rings (SSSR count). The van der Waals surface area contributed by atoms with Gasteiger partial charge in [-0.25, -0.2) is 0 Å². The van der Waals surface area contributed by atoms with E-state index in [1.807, 2.05) is 68.4 Å². The van der Waals surface area contributed by atoms with Crippen LogP contribution in [0.15, 0.2) is 60.8 Å². The van der Waals surface area contributed by atoms with Crippen molar-refractivity contribution in [2.45, 2.75) is 51.2 Å². The second kappa shape index (κ2) is 13.4. The predicted octanol–water partition coefficient (Wildman–Crippen LogP) is 1.50. The molecule has 7 N–H and O–H groups in total. The number of hydrogen-bond acceptors (Lipinski definition) is 5. The van der Waals surface area contributed by atoms with E-state index in [0.717, 1.165) is 22.0 Å². The predicted molar refractivity (Wildman–Crippen MR) is 144 cm³/mol. The van der Waals surface area contributed by atoms with Gasteiger partial charge in [-0.05, 0) is 36.0 Å². The number of rotatable bonds is 13. The number of hydrogen-bond donors (Lipinski definition) is 6. The van der Waals surface area contributed by atoms with Crippen LogP contribution in [0.3, 0.4) is 0 Å². The average molecular weight is 522 g/mol. The summed E-state index contributed by atoms with van der Waals surface area (Å²) < 4.78 is 0. The Kier molecular flexibility index (Phi) is 10.0. The maximum atomic E-state index is 13.4. The summed E-state index contributed by atoms with van der Waals surface area (Å²) >= 11 is 0. The first-order valence-corrected chi connectivity index (χ1v) is 12.6. The van der Waals surface area contributed by atoms with Gasteiger partial charge in [0.2, 0.25) is 17.7 Å². The lowest BCUT2D eigenvalue weighted by Crippen LogP contribution is -2.57. The highest BCUT2D eigenvalue weighted by Gasteiger charge is 2.29. The molecule has 3 atom stereocenters. The minimum Gasteiger partial charge on any atom is -0.480 e. The number of fused-ring (bicyclic) bond motifs is 1. The van der Waals surface area contributed by atoms with Crippen molar-refractivity contribution < 1.29 is 24.3 Å². The van der Waals surface area contributed by atoms with E-state index in [1.165, 1.54) is 0 Å². The van der Waals surface area contributed by atoms with E-state index in [9.17, 15) is 19.2 Å². The Morgan fingerprint density at radius 1 is 0.868 bits per heavy atom.